The van der Waals surface area contributed by atoms with Crippen molar-refractivity contribution in [2.75, 3.05) is 0 Å². The standard InChI is InChI=1S/C14H9Cl2FO2/c15-11-4-5-13(17)10(6-11)8-19-14-9(7-18)2-1-3-12(14)16/h1-7H,8H2. The second-order valence-electron chi connectivity index (χ2n) is 3.80. The monoisotopic (exact) mass is 298 g/mol. The normalized spacial score (nSPS) is 10.3. The average molecular weight is 299 g/mol. The highest BCUT2D eigenvalue weighted by Crippen LogP contribution is 2.28. The van der Waals surface area contributed by atoms with E-state index >= 15 is 0 Å². The van der Waals surface area contributed by atoms with Crippen LogP contribution < -0.4 is 4.74 Å². The van der Waals surface area contributed by atoms with E-state index in [-0.39, 0.29) is 12.4 Å². The molecule has 0 saturated carbocycles. The van der Waals surface area contributed by atoms with Crippen molar-refractivity contribution in [3.05, 3.63) is 63.4 Å². The summed E-state index contributed by atoms with van der Waals surface area (Å²) in [5.74, 6) is -0.192. The van der Waals surface area contributed by atoms with E-state index in [1.165, 1.54) is 18.2 Å². The number of aldehydes is 1. The van der Waals surface area contributed by atoms with Gasteiger partial charge in [-0.1, -0.05) is 29.3 Å². The number of benzene rings is 2. The van der Waals surface area contributed by atoms with E-state index in [2.05, 4.69) is 0 Å². The molecule has 0 saturated heterocycles. The Hall–Kier alpha value is -1.58. The molecule has 0 fully saturated rings. The summed E-state index contributed by atoms with van der Waals surface area (Å²) in [4.78, 5) is 10.9. The number of carbonyl (C=O) groups excluding carboxylic acids is 1. The predicted molar refractivity (Wildman–Crippen MR) is 72.6 cm³/mol. The Kier molecular flexibility index (Phi) is 4.40. The Morgan fingerprint density at radius 3 is 2.74 bits per heavy atom. The van der Waals surface area contributed by atoms with Gasteiger partial charge in [0.2, 0.25) is 0 Å². The molecule has 0 radical (unpaired) electrons. The summed E-state index contributed by atoms with van der Waals surface area (Å²) >= 11 is 11.7. The fraction of sp³-hybridized carbons (Fsp3) is 0.0714. The Morgan fingerprint density at radius 2 is 2.00 bits per heavy atom. The van der Waals surface area contributed by atoms with Crippen molar-refractivity contribution in [3.63, 3.8) is 0 Å². The van der Waals surface area contributed by atoms with E-state index in [1.54, 1.807) is 18.2 Å². The molecule has 2 nitrogen and oxygen atoms in total. The topological polar surface area (TPSA) is 26.3 Å². The molecular weight excluding hydrogens is 290 g/mol. The van der Waals surface area contributed by atoms with Crippen LogP contribution in [0.4, 0.5) is 4.39 Å². The lowest BCUT2D eigenvalue weighted by Gasteiger charge is -2.11. The van der Waals surface area contributed by atoms with E-state index in [1.807, 2.05) is 0 Å². The fourth-order valence-corrected chi connectivity index (χ4v) is 2.01. The third kappa shape index (κ3) is 3.25. The van der Waals surface area contributed by atoms with Crippen molar-refractivity contribution < 1.29 is 13.9 Å². The van der Waals surface area contributed by atoms with E-state index in [9.17, 15) is 9.18 Å². The van der Waals surface area contributed by atoms with Crippen molar-refractivity contribution in [3.8, 4) is 5.75 Å². The molecule has 0 aliphatic carbocycles. The van der Waals surface area contributed by atoms with E-state index in [4.69, 9.17) is 27.9 Å². The third-order valence-corrected chi connectivity index (χ3v) is 3.04. The van der Waals surface area contributed by atoms with Gasteiger partial charge in [0.05, 0.1) is 10.6 Å². The fourth-order valence-electron chi connectivity index (χ4n) is 1.57. The molecule has 0 amide bonds. The van der Waals surface area contributed by atoms with Gasteiger partial charge in [-0.25, -0.2) is 4.39 Å². The molecule has 0 bridgehead atoms. The number of para-hydroxylation sites is 1. The van der Waals surface area contributed by atoms with Gasteiger partial charge in [0.15, 0.2) is 6.29 Å². The predicted octanol–water partition coefficient (Wildman–Crippen LogP) is 4.52. The lowest BCUT2D eigenvalue weighted by atomic mass is 10.2. The van der Waals surface area contributed by atoms with Crippen LogP contribution in [-0.4, -0.2) is 6.29 Å². The molecule has 5 heteroatoms. The molecule has 2 aromatic carbocycles. The van der Waals surface area contributed by atoms with E-state index in [0.717, 1.165) is 0 Å². The molecular formula is C14H9Cl2FO2. The summed E-state index contributed by atoms with van der Waals surface area (Å²) in [6.07, 6.45) is 0.634. The average Bonchev–Trinajstić information content (AvgIpc) is 2.40. The lowest BCUT2D eigenvalue weighted by Crippen LogP contribution is -2.01. The second-order valence-corrected chi connectivity index (χ2v) is 4.64. The molecule has 2 aromatic rings. The van der Waals surface area contributed by atoms with Gasteiger partial charge in [-0.3, -0.25) is 4.79 Å². The Morgan fingerprint density at radius 1 is 1.21 bits per heavy atom. The second kappa shape index (κ2) is 6.04. The van der Waals surface area contributed by atoms with Crippen molar-refractivity contribution in [1.29, 1.82) is 0 Å². The van der Waals surface area contributed by atoms with Gasteiger partial charge in [0.25, 0.3) is 0 Å². The minimum absolute atomic E-state index is 0.0586. The first-order valence-corrected chi connectivity index (χ1v) is 6.18. The lowest BCUT2D eigenvalue weighted by molar-refractivity contribution is 0.111. The Labute approximate surface area is 119 Å². The molecule has 2 rings (SSSR count). The van der Waals surface area contributed by atoms with Crippen LogP contribution in [0.2, 0.25) is 10.0 Å². The van der Waals surface area contributed by atoms with E-state index < -0.39 is 5.82 Å². The first kappa shape index (κ1) is 13.8. The number of hydrogen-bond donors (Lipinski definition) is 0. The smallest absolute Gasteiger partial charge is 0.153 e. The molecule has 0 atom stereocenters. The van der Waals surface area contributed by atoms with Gasteiger partial charge in [0.1, 0.15) is 18.2 Å². The van der Waals surface area contributed by atoms with Crippen molar-refractivity contribution >= 4 is 29.5 Å². The van der Waals surface area contributed by atoms with Crippen molar-refractivity contribution in [2.45, 2.75) is 6.61 Å². The molecule has 0 heterocycles. The van der Waals surface area contributed by atoms with Crippen LogP contribution in [0.1, 0.15) is 15.9 Å². The van der Waals surface area contributed by atoms with Crippen molar-refractivity contribution in [2.24, 2.45) is 0 Å². The zero-order valence-electron chi connectivity index (χ0n) is 9.70. The molecule has 0 N–H and O–H groups in total. The van der Waals surface area contributed by atoms with Crippen LogP contribution in [0.3, 0.4) is 0 Å². The van der Waals surface area contributed by atoms with Gasteiger partial charge >= 0.3 is 0 Å². The first-order valence-electron chi connectivity index (χ1n) is 5.42. The largest absolute Gasteiger partial charge is 0.486 e. The first-order chi connectivity index (χ1) is 9.11. The molecule has 98 valence electrons. The van der Waals surface area contributed by atoms with Crippen molar-refractivity contribution in [1.82, 2.24) is 0 Å². The molecule has 0 aromatic heterocycles. The summed E-state index contributed by atoms with van der Waals surface area (Å²) in [5, 5.41) is 0.710. The minimum atomic E-state index is -0.427. The quantitative estimate of drug-likeness (QED) is 0.776. The van der Waals surface area contributed by atoms with Gasteiger partial charge in [-0.15, -0.1) is 0 Å². The maximum atomic E-state index is 13.5. The number of hydrogen-bond acceptors (Lipinski definition) is 2. The van der Waals surface area contributed by atoms with Crippen LogP contribution >= 0.6 is 23.2 Å². The van der Waals surface area contributed by atoms with Crippen LogP contribution in [0.5, 0.6) is 5.75 Å². The highest BCUT2D eigenvalue weighted by atomic mass is 35.5. The number of carbonyl (C=O) groups is 1. The zero-order chi connectivity index (χ0) is 13.8. The van der Waals surface area contributed by atoms with Gasteiger partial charge in [0, 0.05) is 10.6 Å². The van der Waals surface area contributed by atoms with Crippen LogP contribution in [0.25, 0.3) is 0 Å². The zero-order valence-corrected chi connectivity index (χ0v) is 11.2. The van der Waals surface area contributed by atoms with E-state index in [0.29, 0.717) is 27.5 Å². The molecule has 0 aliphatic heterocycles. The summed E-state index contributed by atoms with van der Waals surface area (Å²) in [6, 6.07) is 8.98. The highest BCUT2D eigenvalue weighted by Gasteiger charge is 2.10. The van der Waals surface area contributed by atoms with Gasteiger partial charge < -0.3 is 4.74 Å². The molecule has 0 aliphatic rings. The minimum Gasteiger partial charge on any atom is -0.486 e. The van der Waals surface area contributed by atoms with Gasteiger partial charge in [-0.2, -0.15) is 0 Å². The summed E-state index contributed by atoms with van der Waals surface area (Å²) in [7, 11) is 0. The van der Waals surface area contributed by atoms with Crippen LogP contribution in [-0.2, 0) is 6.61 Å². The van der Waals surface area contributed by atoms with Crippen LogP contribution in [0, 0.1) is 5.82 Å². The van der Waals surface area contributed by atoms with Gasteiger partial charge in [-0.05, 0) is 30.3 Å². The molecule has 19 heavy (non-hydrogen) atoms. The SMILES string of the molecule is O=Cc1cccc(Cl)c1OCc1cc(Cl)ccc1F. The summed E-state index contributed by atoms with van der Waals surface area (Å²) in [5.41, 5.74) is 0.610. The number of ether oxygens (including phenoxy) is 1. The third-order valence-electron chi connectivity index (χ3n) is 2.50. The summed E-state index contributed by atoms with van der Waals surface area (Å²) < 4.78 is 18.9. The molecule has 0 unspecified atom stereocenters. The Bertz CT molecular complexity index is 614. The van der Waals surface area contributed by atoms with Crippen LogP contribution in [0.15, 0.2) is 36.4 Å². The maximum absolute atomic E-state index is 13.5. The number of rotatable bonds is 4. The number of halogens is 3. The highest BCUT2D eigenvalue weighted by molar-refractivity contribution is 6.32. The Balaban J connectivity index is 2.23. The summed E-state index contributed by atoms with van der Waals surface area (Å²) in [6.45, 7) is -0.0586. The molecule has 0 spiro atoms. The maximum Gasteiger partial charge on any atom is 0.153 e.